The van der Waals surface area contributed by atoms with Crippen LogP contribution in [0.1, 0.15) is 12.5 Å². The van der Waals surface area contributed by atoms with Gasteiger partial charge in [-0.15, -0.1) is 0 Å². The van der Waals surface area contributed by atoms with Gasteiger partial charge in [-0.3, -0.25) is 14.3 Å². The Kier molecular flexibility index (Phi) is 6.46. The fourth-order valence-electron chi connectivity index (χ4n) is 3.25. The molecule has 9 heteroatoms. The number of aromatic nitrogens is 4. The lowest BCUT2D eigenvalue weighted by atomic mass is 10.1. The van der Waals surface area contributed by atoms with Crippen LogP contribution in [0.3, 0.4) is 0 Å². The van der Waals surface area contributed by atoms with Gasteiger partial charge in [0, 0.05) is 31.1 Å². The van der Waals surface area contributed by atoms with Crippen LogP contribution < -0.4 is 10.9 Å². The van der Waals surface area contributed by atoms with Crippen molar-refractivity contribution < 1.29 is 13.5 Å². The largest absolute Gasteiger partial charge is 0.380 e. The lowest BCUT2D eigenvalue weighted by molar-refractivity contribution is 0.139. The molecule has 3 heterocycles. The van der Waals surface area contributed by atoms with Crippen molar-refractivity contribution in [3.8, 4) is 11.3 Å². The zero-order chi connectivity index (χ0) is 22.5. The zero-order valence-corrected chi connectivity index (χ0v) is 17.4. The number of ether oxygens (including phenoxy) is 1. The number of halogens is 2. The molecule has 0 aliphatic carbocycles. The van der Waals surface area contributed by atoms with Gasteiger partial charge in [-0.05, 0) is 48.9 Å². The van der Waals surface area contributed by atoms with Gasteiger partial charge in [0.05, 0.1) is 18.8 Å². The van der Waals surface area contributed by atoms with Gasteiger partial charge in [0.2, 0.25) is 0 Å². The van der Waals surface area contributed by atoms with E-state index >= 15 is 0 Å². The van der Waals surface area contributed by atoms with Crippen molar-refractivity contribution in [3.63, 3.8) is 0 Å². The number of anilines is 1. The van der Waals surface area contributed by atoms with Gasteiger partial charge in [0.15, 0.2) is 23.1 Å². The number of hydrogen-bond acceptors (Lipinski definition) is 6. The van der Waals surface area contributed by atoms with E-state index in [4.69, 9.17) is 4.74 Å². The molecule has 0 aliphatic heterocycles. The third-order valence-corrected chi connectivity index (χ3v) is 4.85. The molecule has 0 aliphatic rings. The molecule has 0 fully saturated rings. The molecule has 4 aromatic rings. The van der Waals surface area contributed by atoms with Crippen molar-refractivity contribution in [1.82, 2.24) is 19.5 Å². The monoisotopic (exact) mass is 437 g/mol. The molecule has 4 rings (SSSR count). The maximum Gasteiger partial charge on any atom is 0.295 e. The molecular weight excluding hydrogens is 416 g/mol. The summed E-state index contributed by atoms with van der Waals surface area (Å²) < 4.78 is 33.9. The van der Waals surface area contributed by atoms with Gasteiger partial charge in [-0.25, -0.2) is 18.7 Å². The summed E-state index contributed by atoms with van der Waals surface area (Å²) in [5.41, 5.74) is 2.18. The summed E-state index contributed by atoms with van der Waals surface area (Å²) in [6.07, 6.45) is 3.38. The highest BCUT2D eigenvalue weighted by Gasteiger charge is 2.14. The van der Waals surface area contributed by atoms with Crippen molar-refractivity contribution in [1.29, 1.82) is 0 Å². The number of hydrogen-bond donors (Lipinski definition) is 1. The molecule has 0 spiro atoms. The first kappa shape index (κ1) is 21.5. The molecule has 0 radical (unpaired) electrons. The summed E-state index contributed by atoms with van der Waals surface area (Å²) in [4.78, 5) is 26.2. The Balaban J connectivity index is 1.75. The average molecular weight is 437 g/mol. The second-order valence-corrected chi connectivity index (χ2v) is 7.00. The smallest absolute Gasteiger partial charge is 0.295 e. The van der Waals surface area contributed by atoms with E-state index in [0.29, 0.717) is 42.2 Å². The van der Waals surface area contributed by atoms with Gasteiger partial charge in [0.1, 0.15) is 5.52 Å². The molecule has 164 valence electrons. The lowest BCUT2D eigenvalue weighted by Gasteiger charge is -2.14. The van der Waals surface area contributed by atoms with Crippen molar-refractivity contribution in [2.24, 2.45) is 0 Å². The minimum Gasteiger partial charge on any atom is -0.380 e. The molecule has 0 saturated carbocycles. The molecule has 3 aromatic heterocycles. The zero-order valence-electron chi connectivity index (χ0n) is 17.4. The standard InChI is InChI=1S/C23H21F2N5O2/c1-2-32-11-10-30-22-20(8-7-19(29-22)16-5-6-17(24)18(25)12-16)28-21(23(30)31)27-14-15-4-3-9-26-13-15/h3-9,12-13H,2,10-11,14H2,1H3,(H,27,28). The number of benzene rings is 1. The first-order valence-electron chi connectivity index (χ1n) is 10.1. The topological polar surface area (TPSA) is 81.9 Å². The van der Waals surface area contributed by atoms with Gasteiger partial charge in [-0.1, -0.05) is 6.07 Å². The molecule has 32 heavy (non-hydrogen) atoms. The SMILES string of the molecule is CCOCCn1c(=O)c(NCc2cccnc2)nc2ccc(-c3ccc(F)c(F)c3)nc21. The molecule has 0 amide bonds. The number of fused-ring (bicyclic) bond motifs is 1. The molecule has 1 N–H and O–H groups in total. The van der Waals surface area contributed by atoms with E-state index in [2.05, 4.69) is 20.3 Å². The van der Waals surface area contributed by atoms with Crippen LogP contribution in [0, 0.1) is 11.6 Å². The highest BCUT2D eigenvalue weighted by Crippen LogP contribution is 2.22. The summed E-state index contributed by atoms with van der Waals surface area (Å²) in [5, 5.41) is 3.07. The number of nitrogens with one attached hydrogen (secondary N) is 1. The third kappa shape index (κ3) is 4.62. The fraction of sp³-hybridized carbons (Fsp3) is 0.217. The third-order valence-electron chi connectivity index (χ3n) is 4.85. The second kappa shape index (κ2) is 9.61. The maximum absolute atomic E-state index is 13.7. The van der Waals surface area contributed by atoms with Crippen LogP contribution in [-0.4, -0.2) is 32.7 Å². The van der Waals surface area contributed by atoms with Crippen molar-refractivity contribution in [3.05, 3.63) is 82.4 Å². The van der Waals surface area contributed by atoms with Crippen LogP contribution in [0.15, 0.2) is 59.7 Å². The molecule has 0 saturated heterocycles. The van der Waals surface area contributed by atoms with E-state index in [1.807, 2.05) is 19.1 Å². The van der Waals surface area contributed by atoms with Gasteiger partial charge in [-0.2, -0.15) is 0 Å². The molecule has 1 aromatic carbocycles. The number of nitrogens with zero attached hydrogens (tertiary/aromatic N) is 4. The molecule has 0 bridgehead atoms. The van der Waals surface area contributed by atoms with E-state index in [9.17, 15) is 13.6 Å². The highest BCUT2D eigenvalue weighted by atomic mass is 19.2. The quantitative estimate of drug-likeness (QED) is 0.423. The van der Waals surface area contributed by atoms with Crippen LogP contribution >= 0.6 is 0 Å². The van der Waals surface area contributed by atoms with Gasteiger partial charge in [0.25, 0.3) is 5.56 Å². The minimum absolute atomic E-state index is 0.181. The van der Waals surface area contributed by atoms with Crippen LogP contribution in [0.4, 0.5) is 14.6 Å². The van der Waals surface area contributed by atoms with Crippen LogP contribution in [0.2, 0.25) is 0 Å². The average Bonchev–Trinajstić information content (AvgIpc) is 2.81. The Labute approximate surface area is 182 Å². The van der Waals surface area contributed by atoms with E-state index in [0.717, 1.165) is 17.7 Å². The van der Waals surface area contributed by atoms with Crippen molar-refractivity contribution in [2.75, 3.05) is 18.5 Å². The van der Waals surface area contributed by atoms with E-state index in [1.54, 1.807) is 24.5 Å². The summed E-state index contributed by atoms with van der Waals surface area (Å²) in [5.74, 6) is -1.72. The van der Waals surface area contributed by atoms with Crippen LogP contribution in [-0.2, 0) is 17.8 Å². The Morgan fingerprint density at radius 1 is 1.09 bits per heavy atom. The highest BCUT2D eigenvalue weighted by molar-refractivity contribution is 5.76. The Morgan fingerprint density at radius 3 is 2.72 bits per heavy atom. The Hall–Kier alpha value is -3.72. The first-order chi connectivity index (χ1) is 15.6. The minimum atomic E-state index is -0.966. The predicted molar refractivity (Wildman–Crippen MR) is 117 cm³/mol. The van der Waals surface area contributed by atoms with E-state index < -0.39 is 11.6 Å². The molecule has 0 unspecified atom stereocenters. The van der Waals surface area contributed by atoms with E-state index in [-0.39, 0.29) is 17.9 Å². The van der Waals surface area contributed by atoms with Crippen LogP contribution in [0.5, 0.6) is 0 Å². The Morgan fingerprint density at radius 2 is 1.97 bits per heavy atom. The van der Waals surface area contributed by atoms with Gasteiger partial charge >= 0.3 is 0 Å². The van der Waals surface area contributed by atoms with Crippen molar-refractivity contribution in [2.45, 2.75) is 20.0 Å². The summed E-state index contributed by atoms with van der Waals surface area (Å²) >= 11 is 0. The van der Waals surface area contributed by atoms with Gasteiger partial charge < -0.3 is 10.1 Å². The normalized spacial score (nSPS) is 11.1. The Bertz CT molecular complexity index is 1300. The first-order valence-corrected chi connectivity index (χ1v) is 10.1. The summed E-state index contributed by atoms with van der Waals surface area (Å²) in [7, 11) is 0. The predicted octanol–water partition coefficient (Wildman–Crippen LogP) is 3.78. The fourth-order valence-corrected chi connectivity index (χ4v) is 3.25. The number of pyridine rings is 2. The molecular formula is C23H21F2N5O2. The number of rotatable bonds is 8. The summed E-state index contributed by atoms with van der Waals surface area (Å²) in [6.45, 7) is 3.34. The maximum atomic E-state index is 13.7. The second-order valence-electron chi connectivity index (χ2n) is 7.00. The molecule has 0 atom stereocenters. The summed E-state index contributed by atoms with van der Waals surface area (Å²) in [6, 6.07) is 10.6. The lowest BCUT2D eigenvalue weighted by Crippen LogP contribution is -2.27. The van der Waals surface area contributed by atoms with Crippen molar-refractivity contribution >= 4 is 17.0 Å². The molecule has 7 nitrogen and oxygen atoms in total. The van der Waals surface area contributed by atoms with E-state index in [1.165, 1.54) is 10.6 Å². The van der Waals surface area contributed by atoms with Crippen LogP contribution in [0.25, 0.3) is 22.4 Å².